The summed E-state index contributed by atoms with van der Waals surface area (Å²) in [6, 6.07) is 2.78. The van der Waals surface area contributed by atoms with Crippen molar-refractivity contribution in [3.63, 3.8) is 0 Å². The van der Waals surface area contributed by atoms with Crippen molar-refractivity contribution in [2.75, 3.05) is 33.7 Å². The van der Waals surface area contributed by atoms with Crippen LogP contribution < -0.4 is 10.6 Å². The van der Waals surface area contributed by atoms with Gasteiger partial charge >= 0.3 is 0 Å². The van der Waals surface area contributed by atoms with E-state index in [-0.39, 0.29) is 24.0 Å². The molecule has 0 radical (unpaired) electrons. The van der Waals surface area contributed by atoms with E-state index in [4.69, 9.17) is 4.99 Å². The van der Waals surface area contributed by atoms with Crippen molar-refractivity contribution in [3.8, 4) is 0 Å². The third-order valence-corrected chi connectivity index (χ3v) is 5.00. The predicted octanol–water partition coefficient (Wildman–Crippen LogP) is 3.36. The summed E-state index contributed by atoms with van der Waals surface area (Å²) in [5, 5.41) is 11.2. The van der Waals surface area contributed by atoms with Crippen LogP contribution in [0.2, 0.25) is 0 Å². The summed E-state index contributed by atoms with van der Waals surface area (Å²) in [6.45, 7) is 7.06. The van der Waals surface area contributed by atoms with Gasteiger partial charge in [0, 0.05) is 19.1 Å². The van der Waals surface area contributed by atoms with Gasteiger partial charge in [-0.1, -0.05) is 6.92 Å². The lowest BCUT2D eigenvalue weighted by molar-refractivity contribution is 0.271. The Hall–Kier alpha value is -0.340. The van der Waals surface area contributed by atoms with Crippen LogP contribution in [0.5, 0.6) is 0 Å². The van der Waals surface area contributed by atoms with Crippen LogP contribution >= 0.6 is 35.3 Å². The van der Waals surface area contributed by atoms with E-state index in [2.05, 4.69) is 60.3 Å². The number of rotatable bonds is 8. The molecule has 1 aromatic rings. The molecule has 1 aliphatic carbocycles. The Bertz CT molecular complexity index is 455. The van der Waals surface area contributed by atoms with Crippen molar-refractivity contribution >= 4 is 41.3 Å². The summed E-state index contributed by atoms with van der Waals surface area (Å²) in [5.41, 5.74) is 1.40. The molecule has 2 N–H and O–H groups in total. The van der Waals surface area contributed by atoms with Crippen LogP contribution in [0.25, 0.3) is 0 Å². The summed E-state index contributed by atoms with van der Waals surface area (Å²) in [4.78, 5) is 7.12. The van der Waals surface area contributed by atoms with E-state index >= 15 is 0 Å². The SMILES string of the molecule is CCNC(=NCC(C1CC1)N(C)C)NCC(C)c1ccsc1.I. The number of hydrogen-bond acceptors (Lipinski definition) is 3. The largest absolute Gasteiger partial charge is 0.357 e. The average molecular weight is 450 g/mol. The number of hydrogen-bond donors (Lipinski definition) is 2. The summed E-state index contributed by atoms with van der Waals surface area (Å²) < 4.78 is 0. The highest BCUT2D eigenvalue weighted by Gasteiger charge is 2.32. The number of nitrogens with zero attached hydrogens (tertiary/aromatic N) is 2. The first-order valence-corrected chi connectivity index (χ1v) is 9.26. The highest BCUT2D eigenvalue weighted by Crippen LogP contribution is 2.34. The molecule has 2 rings (SSSR count). The average Bonchev–Trinajstić information content (AvgIpc) is 3.16. The molecule has 0 bridgehead atoms. The van der Waals surface area contributed by atoms with Gasteiger partial charge in [-0.05, 0) is 68.1 Å². The van der Waals surface area contributed by atoms with Crippen molar-refractivity contribution < 1.29 is 0 Å². The zero-order valence-corrected chi connectivity index (χ0v) is 17.9. The second-order valence-corrected chi connectivity index (χ2v) is 7.21. The number of halogens is 1. The van der Waals surface area contributed by atoms with E-state index in [1.54, 1.807) is 11.3 Å². The molecule has 2 unspecified atom stereocenters. The zero-order valence-electron chi connectivity index (χ0n) is 14.7. The Kier molecular flexibility index (Phi) is 9.46. The molecule has 0 spiro atoms. The molecule has 0 aromatic carbocycles. The highest BCUT2D eigenvalue weighted by atomic mass is 127. The number of aliphatic imine (C=N–C) groups is 1. The van der Waals surface area contributed by atoms with Gasteiger partial charge in [0.2, 0.25) is 0 Å². The summed E-state index contributed by atoms with van der Waals surface area (Å²) in [5.74, 6) is 2.28. The lowest BCUT2D eigenvalue weighted by Crippen LogP contribution is -2.41. The van der Waals surface area contributed by atoms with Gasteiger partial charge in [0.1, 0.15) is 0 Å². The van der Waals surface area contributed by atoms with Crippen molar-refractivity contribution in [1.29, 1.82) is 0 Å². The molecule has 0 aliphatic heterocycles. The fourth-order valence-corrected chi connectivity index (χ4v) is 3.45. The molecular formula is C17H31IN4S. The lowest BCUT2D eigenvalue weighted by atomic mass is 10.1. The molecule has 2 atom stereocenters. The molecule has 23 heavy (non-hydrogen) atoms. The number of thiophene rings is 1. The maximum Gasteiger partial charge on any atom is 0.191 e. The van der Waals surface area contributed by atoms with Crippen LogP contribution in [0.1, 0.15) is 38.2 Å². The normalized spacial score (nSPS) is 17.5. The molecule has 1 aliphatic rings. The Morgan fingerprint density at radius 3 is 2.65 bits per heavy atom. The van der Waals surface area contributed by atoms with Gasteiger partial charge in [-0.15, -0.1) is 24.0 Å². The van der Waals surface area contributed by atoms with Crippen molar-refractivity contribution in [2.45, 2.75) is 38.6 Å². The standard InChI is InChI=1S/C17H30N4S.HI/c1-5-18-17(19-10-13(2)15-8-9-22-12-15)20-11-16(21(3)4)14-6-7-14;/h8-9,12-14,16H,5-7,10-11H2,1-4H3,(H2,18,19,20);1H. The Morgan fingerprint density at radius 2 is 2.13 bits per heavy atom. The molecule has 132 valence electrons. The van der Waals surface area contributed by atoms with Gasteiger partial charge in [-0.3, -0.25) is 4.99 Å². The monoisotopic (exact) mass is 450 g/mol. The van der Waals surface area contributed by atoms with Crippen LogP contribution in [0, 0.1) is 5.92 Å². The topological polar surface area (TPSA) is 39.7 Å². The van der Waals surface area contributed by atoms with Crippen LogP contribution in [0.15, 0.2) is 21.8 Å². The maximum atomic E-state index is 4.80. The van der Waals surface area contributed by atoms with E-state index in [0.29, 0.717) is 12.0 Å². The predicted molar refractivity (Wildman–Crippen MR) is 112 cm³/mol. The fourth-order valence-electron chi connectivity index (χ4n) is 2.66. The first kappa shape index (κ1) is 20.7. The molecule has 1 aromatic heterocycles. The highest BCUT2D eigenvalue weighted by molar-refractivity contribution is 14.0. The second kappa shape index (κ2) is 10.5. The van der Waals surface area contributed by atoms with E-state index in [1.165, 1.54) is 18.4 Å². The third kappa shape index (κ3) is 6.97. The van der Waals surface area contributed by atoms with Crippen molar-refractivity contribution in [1.82, 2.24) is 15.5 Å². The van der Waals surface area contributed by atoms with E-state index < -0.39 is 0 Å². The minimum atomic E-state index is 0. The smallest absolute Gasteiger partial charge is 0.191 e. The number of nitrogens with one attached hydrogen (secondary N) is 2. The van der Waals surface area contributed by atoms with Crippen LogP contribution in [-0.2, 0) is 0 Å². The van der Waals surface area contributed by atoms with Crippen LogP contribution in [0.3, 0.4) is 0 Å². The molecule has 4 nitrogen and oxygen atoms in total. The van der Waals surface area contributed by atoms with Crippen LogP contribution in [0.4, 0.5) is 0 Å². The second-order valence-electron chi connectivity index (χ2n) is 6.43. The number of likely N-dealkylation sites (N-methyl/N-ethyl adjacent to an activating group) is 1. The Balaban J connectivity index is 0.00000264. The van der Waals surface area contributed by atoms with Crippen LogP contribution in [-0.4, -0.2) is 50.6 Å². The van der Waals surface area contributed by atoms with E-state index in [0.717, 1.165) is 31.5 Å². The van der Waals surface area contributed by atoms with E-state index in [9.17, 15) is 0 Å². The van der Waals surface area contributed by atoms with Gasteiger partial charge in [0.25, 0.3) is 0 Å². The lowest BCUT2D eigenvalue weighted by Gasteiger charge is -2.23. The molecule has 1 saturated carbocycles. The molecule has 6 heteroatoms. The Morgan fingerprint density at radius 1 is 1.39 bits per heavy atom. The third-order valence-electron chi connectivity index (χ3n) is 4.30. The quantitative estimate of drug-likeness (QED) is 0.363. The van der Waals surface area contributed by atoms with Gasteiger partial charge in [0.05, 0.1) is 6.54 Å². The minimum Gasteiger partial charge on any atom is -0.357 e. The summed E-state index contributed by atoms with van der Waals surface area (Å²) in [6.07, 6.45) is 2.72. The molecule has 1 fully saturated rings. The van der Waals surface area contributed by atoms with Gasteiger partial charge in [0.15, 0.2) is 5.96 Å². The first-order chi connectivity index (χ1) is 10.6. The Labute approximate surface area is 162 Å². The van der Waals surface area contributed by atoms with Crippen molar-refractivity contribution in [3.05, 3.63) is 22.4 Å². The molecular weight excluding hydrogens is 419 g/mol. The number of guanidine groups is 1. The minimum absolute atomic E-state index is 0. The van der Waals surface area contributed by atoms with Crippen molar-refractivity contribution in [2.24, 2.45) is 10.9 Å². The van der Waals surface area contributed by atoms with Gasteiger partial charge in [-0.25, -0.2) is 0 Å². The van der Waals surface area contributed by atoms with E-state index in [1.807, 2.05) is 0 Å². The summed E-state index contributed by atoms with van der Waals surface area (Å²) >= 11 is 1.76. The van der Waals surface area contributed by atoms with Gasteiger partial charge in [-0.2, -0.15) is 11.3 Å². The maximum absolute atomic E-state index is 4.80. The fraction of sp³-hybridized carbons (Fsp3) is 0.706. The molecule has 0 amide bonds. The molecule has 0 saturated heterocycles. The zero-order chi connectivity index (χ0) is 15.9. The first-order valence-electron chi connectivity index (χ1n) is 8.32. The summed E-state index contributed by atoms with van der Waals surface area (Å²) in [7, 11) is 4.33. The van der Waals surface area contributed by atoms with Gasteiger partial charge < -0.3 is 15.5 Å². The molecule has 1 heterocycles.